The van der Waals surface area contributed by atoms with Crippen LogP contribution in [0.15, 0.2) is 24.3 Å². The maximum absolute atomic E-state index is 12.8. The van der Waals surface area contributed by atoms with Crippen LogP contribution in [-0.2, 0) is 4.79 Å². The van der Waals surface area contributed by atoms with Gasteiger partial charge in [0, 0.05) is 26.3 Å². The maximum Gasteiger partial charge on any atom is 0.323 e. The van der Waals surface area contributed by atoms with Crippen molar-refractivity contribution >= 4 is 17.7 Å². The third kappa shape index (κ3) is 3.94. The first-order valence-electron chi connectivity index (χ1n) is 5.80. The van der Waals surface area contributed by atoms with Gasteiger partial charge in [-0.15, -0.1) is 0 Å². The van der Waals surface area contributed by atoms with Crippen LogP contribution in [0.2, 0.25) is 0 Å². The summed E-state index contributed by atoms with van der Waals surface area (Å²) in [7, 11) is 3.08. The first-order valence-corrected chi connectivity index (χ1v) is 5.80. The van der Waals surface area contributed by atoms with Gasteiger partial charge in [-0.1, -0.05) is 6.92 Å². The lowest BCUT2D eigenvalue weighted by molar-refractivity contribution is -0.141. The van der Waals surface area contributed by atoms with Crippen LogP contribution in [0.1, 0.15) is 6.92 Å². The molecule has 0 fully saturated rings. The smallest absolute Gasteiger partial charge is 0.323 e. The fourth-order valence-electron chi connectivity index (χ4n) is 1.60. The second-order valence-corrected chi connectivity index (χ2v) is 4.44. The molecule has 0 aliphatic carbocycles. The Morgan fingerprint density at radius 3 is 2.26 bits per heavy atom. The van der Waals surface area contributed by atoms with E-state index < -0.39 is 11.9 Å². The highest BCUT2D eigenvalue weighted by Crippen LogP contribution is 2.15. The summed E-state index contributed by atoms with van der Waals surface area (Å²) in [5.74, 6) is -1.97. The van der Waals surface area contributed by atoms with E-state index in [1.165, 1.54) is 48.0 Å². The van der Waals surface area contributed by atoms with Crippen molar-refractivity contribution in [3.05, 3.63) is 30.1 Å². The molecule has 1 aromatic rings. The van der Waals surface area contributed by atoms with E-state index in [9.17, 15) is 14.0 Å². The second-order valence-electron chi connectivity index (χ2n) is 4.44. The van der Waals surface area contributed by atoms with Crippen molar-refractivity contribution in [3.8, 4) is 0 Å². The van der Waals surface area contributed by atoms with Crippen molar-refractivity contribution < 1.29 is 19.1 Å². The predicted molar refractivity (Wildman–Crippen MR) is 69.6 cm³/mol. The molecule has 0 saturated carbocycles. The van der Waals surface area contributed by atoms with Crippen LogP contribution in [-0.4, -0.2) is 42.6 Å². The van der Waals surface area contributed by atoms with Gasteiger partial charge in [0.15, 0.2) is 0 Å². The van der Waals surface area contributed by atoms with Crippen molar-refractivity contribution in [3.63, 3.8) is 0 Å². The molecule has 1 atom stereocenters. The lowest BCUT2D eigenvalue weighted by Gasteiger charge is -2.26. The molecule has 1 rings (SSSR count). The number of nitrogens with zero attached hydrogens (tertiary/aromatic N) is 2. The summed E-state index contributed by atoms with van der Waals surface area (Å²) in [4.78, 5) is 25.5. The topological polar surface area (TPSA) is 60.9 Å². The Labute approximate surface area is 111 Å². The van der Waals surface area contributed by atoms with E-state index in [2.05, 4.69) is 0 Å². The van der Waals surface area contributed by atoms with Gasteiger partial charge in [-0.25, -0.2) is 9.18 Å². The number of aliphatic carboxylic acids is 1. The molecule has 1 N–H and O–H groups in total. The van der Waals surface area contributed by atoms with E-state index in [1.54, 1.807) is 7.05 Å². The van der Waals surface area contributed by atoms with E-state index >= 15 is 0 Å². The number of carboxylic acid groups (broad SMARTS) is 1. The number of carboxylic acids is 1. The molecule has 1 unspecified atom stereocenters. The molecule has 0 spiro atoms. The Balaban J connectivity index is 2.71. The third-order valence-electron chi connectivity index (χ3n) is 2.80. The first-order chi connectivity index (χ1) is 8.82. The van der Waals surface area contributed by atoms with Crippen LogP contribution in [0.3, 0.4) is 0 Å². The fourth-order valence-corrected chi connectivity index (χ4v) is 1.60. The van der Waals surface area contributed by atoms with Crippen molar-refractivity contribution in [1.29, 1.82) is 0 Å². The van der Waals surface area contributed by atoms with Crippen LogP contribution in [0.4, 0.5) is 14.9 Å². The number of halogens is 1. The highest BCUT2D eigenvalue weighted by Gasteiger charge is 2.20. The molecule has 0 saturated heterocycles. The summed E-state index contributed by atoms with van der Waals surface area (Å²) < 4.78 is 12.8. The number of carbonyl (C=O) groups excluding carboxylic acids is 1. The van der Waals surface area contributed by atoms with Gasteiger partial charge in [0.25, 0.3) is 0 Å². The van der Waals surface area contributed by atoms with Gasteiger partial charge in [-0.2, -0.15) is 0 Å². The molecule has 19 heavy (non-hydrogen) atoms. The summed E-state index contributed by atoms with van der Waals surface area (Å²) in [5, 5.41) is 8.81. The standard InChI is InChI=1S/C13H17FN2O3/c1-9(12(17)18)8-15(2)13(19)16(3)11-6-4-10(14)5-7-11/h4-7,9H,8H2,1-3H3,(H,17,18). The highest BCUT2D eigenvalue weighted by molar-refractivity contribution is 5.91. The Morgan fingerprint density at radius 2 is 1.79 bits per heavy atom. The Morgan fingerprint density at radius 1 is 1.26 bits per heavy atom. The zero-order valence-corrected chi connectivity index (χ0v) is 11.1. The van der Waals surface area contributed by atoms with Crippen molar-refractivity contribution in [2.45, 2.75) is 6.92 Å². The van der Waals surface area contributed by atoms with Crippen LogP contribution in [0, 0.1) is 11.7 Å². The lowest BCUT2D eigenvalue weighted by Crippen LogP contribution is -2.41. The number of hydrogen-bond acceptors (Lipinski definition) is 2. The monoisotopic (exact) mass is 268 g/mol. The molecule has 5 nitrogen and oxygen atoms in total. The quantitative estimate of drug-likeness (QED) is 0.909. The summed E-state index contributed by atoms with van der Waals surface area (Å²) in [6.07, 6.45) is 0. The fraction of sp³-hybridized carbons (Fsp3) is 0.385. The normalized spacial score (nSPS) is 11.8. The number of urea groups is 1. The zero-order valence-electron chi connectivity index (χ0n) is 11.1. The summed E-state index contributed by atoms with van der Waals surface area (Å²) in [6, 6.07) is 5.15. The van der Waals surface area contributed by atoms with Crippen LogP contribution in [0.25, 0.3) is 0 Å². The molecule has 0 radical (unpaired) electrons. The van der Waals surface area contributed by atoms with E-state index in [4.69, 9.17) is 5.11 Å². The molecule has 0 heterocycles. The minimum atomic E-state index is -0.955. The third-order valence-corrected chi connectivity index (χ3v) is 2.80. The number of rotatable bonds is 4. The largest absolute Gasteiger partial charge is 0.481 e. The van der Waals surface area contributed by atoms with Gasteiger partial charge in [0.2, 0.25) is 0 Å². The number of amides is 2. The van der Waals surface area contributed by atoms with E-state index in [1.807, 2.05) is 0 Å². The van der Waals surface area contributed by atoms with Gasteiger partial charge in [0.1, 0.15) is 5.82 Å². The highest BCUT2D eigenvalue weighted by atomic mass is 19.1. The van der Waals surface area contributed by atoms with E-state index in [0.717, 1.165) is 0 Å². The van der Waals surface area contributed by atoms with Gasteiger partial charge < -0.3 is 10.0 Å². The average Bonchev–Trinajstić information content (AvgIpc) is 2.37. The zero-order chi connectivity index (χ0) is 14.6. The molecule has 104 valence electrons. The van der Waals surface area contributed by atoms with Crippen LogP contribution < -0.4 is 4.90 Å². The Hall–Kier alpha value is -2.11. The minimum Gasteiger partial charge on any atom is -0.481 e. The van der Waals surface area contributed by atoms with Crippen LogP contribution >= 0.6 is 0 Å². The molecule has 0 aromatic heterocycles. The van der Waals surface area contributed by atoms with E-state index in [-0.39, 0.29) is 18.4 Å². The molecule has 0 bridgehead atoms. The van der Waals surface area contributed by atoms with Crippen molar-refractivity contribution in [1.82, 2.24) is 4.90 Å². The number of hydrogen-bond donors (Lipinski definition) is 1. The van der Waals surface area contributed by atoms with Gasteiger partial charge in [0.05, 0.1) is 5.92 Å². The number of benzene rings is 1. The average molecular weight is 268 g/mol. The molecule has 6 heteroatoms. The Kier molecular flexibility index (Phi) is 4.86. The second kappa shape index (κ2) is 6.17. The number of anilines is 1. The molecule has 1 aromatic carbocycles. The summed E-state index contributed by atoms with van der Waals surface area (Å²) in [5.41, 5.74) is 0.543. The number of carbonyl (C=O) groups is 2. The summed E-state index contributed by atoms with van der Waals surface area (Å²) in [6.45, 7) is 1.64. The van der Waals surface area contributed by atoms with Gasteiger partial charge in [-0.3, -0.25) is 9.69 Å². The molecular formula is C13H17FN2O3. The van der Waals surface area contributed by atoms with Gasteiger partial charge in [-0.05, 0) is 24.3 Å². The lowest BCUT2D eigenvalue weighted by atomic mass is 10.2. The molecule has 0 aliphatic rings. The predicted octanol–water partition coefficient (Wildman–Crippen LogP) is 2.03. The van der Waals surface area contributed by atoms with Gasteiger partial charge >= 0.3 is 12.0 Å². The molecule has 0 aliphatic heterocycles. The van der Waals surface area contributed by atoms with Crippen molar-refractivity contribution in [2.75, 3.05) is 25.5 Å². The molecule has 2 amide bonds. The first kappa shape index (κ1) is 14.9. The minimum absolute atomic E-state index is 0.111. The summed E-state index contributed by atoms with van der Waals surface area (Å²) >= 11 is 0. The Bertz CT molecular complexity index is 461. The maximum atomic E-state index is 12.8. The van der Waals surface area contributed by atoms with Crippen LogP contribution in [0.5, 0.6) is 0 Å². The molecular weight excluding hydrogens is 251 g/mol. The van der Waals surface area contributed by atoms with Crippen molar-refractivity contribution in [2.24, 2.45) is 5.92 Å². The van der Waals surface area contributed by atoms with E-state index in [0.29, 0.717) is 5.69 Å². The SMILES string of the molecule is CC(CN(C)C(=O)N(C)c1ccc(F)cc1)C(=O)O.